The number of hydrogen-bond acceptors (Lipinski definition) is 3. The first-order valence-electron chi connectivity index (χ1n) is 5.84. The van der Waals surface area contributed by atoms with Gasteiger partial charge in [0, 0.05) is 29.8 Å². The van der Waals surface area contributed by atoms with Crippen LogP contribution in [-0.4, -0.2) is 19.7 Å². The summed E-state index contributed by atoms with van der Waals surface area (Å²) in [4.78, 5) is 7.22. The van der Waals surface area contributed by atoms with Gasteiger partial charge in [-0.1, -0.05) is 11.6 Å². The molecule has 3 aromatic rings. The third-order valence-corrected chi connectivity index (χ3v) is 2.95. The van der Waals surface area contributed by atoms with Crippen molar-refractivity contribution in [3.8, 4) is 5.69 Å². The van der Waals surface area contributed by atoms with Crippen molar-refractivity contribution in [1.29, 1.82) is 0 Å². The van der Waals surface area contributed by atoms with Crippen molar-refractivity contribution in [2.75, 3.05) is 5.32 Å². The summed E-state index contributed by atoms with van der Waals surface area (Å²) < 4.78 is 1.79. The minimum atomic E-state index is 0.599. The fourth-order valence-electron chi connectivity index (χ4n) is 1.83. The van der Waals surface area contributed by atoms with Crippen molar-refractivity contribution in [2.45, 2.75) is 6.54 Å². The molecule has 6 heteroatoms. The molecule has 0 unspecified atom stereocenters. The van der Waals surface area contributed by atoms with E-state index in [9.17, 15) is 0 Å². The van der Waals surface area contributed by atoms with Crippen LogP contribution < -0.4 is 5.32 Å². The first-order valence-corrected chi connectivity index (χ1v) is 6.22. The van der Waals surface area contributed by atoms with Crippen molar-refractivity contribution < 1.29 is 0 Å². The second-order valence-corrected chi connectivity index (χ2v) is 4.44. The van der Waals surface area contributed by atoms with E-state index in [0.717, 1.165) is 17.2 Å². The fraction of sp³-hybridized carbons (Fsp3) is 0.0769. The number of aromatic nitrogens is 4. The molecule has 0 amide bonds. The summed E-state index contributed by atoms with van der Waals surface area (Å²) in [6.07, 6.45) is 7.15. The first kappa shape index (κ1) is 11.8. The van der Waals surface area contributed by atoms with Crippen molar-refractivity contribution in [3.05, 3.63) is 59.9 Å². The van der Waals surface area contributed by atoms with Crippen molar-refractivity contribution >= 4 is 17.3 Å². The lowest BCUT2D eigenvalue weighted by atomic mass is 10.2. The Morgan fingerprint density at radius 1 is 1.32 bits per heavy atom. The Balaban J connectivity index is 1.88. The van der Waals surface area contributed by atoms with Crippen LogP contribution in [0.4, 0.5) is 5.69 Å². The molecule has 0 saturated heterocycles. The molecular formula is C13H12ClN5. The minimum Gasteiger partial charge on any atom is -0.376 e. The number of halogens is 1. The lowest BCUT2D eigenvalue weighted by Gasteiger charge is -2.11. The molecule has 0 aliphatic heterocycles. The van der Waals surface area contributed by atoms with E-state index in [0.29, 0.717) is 11.6 Å². The van der Waals surface area contributed by atoms with Crippen LogP contribution in [0.25, 0.3) is 5.69 Å². The molecule has 2 aromatic heterocycles. The second kappa shape index (κ2) is 5.16. The monoisotopic (exact) mass is 273 g/mol. The topological polar surface area (TPSA) is 58.5 Å². The first-order chi connectivity index (χ1) is 9.33. The van der Waals surface area contributed by atoms with Gasteiger partial charge in [-0.05, 0) is 24.3 Å². The van der Waals surface area contributed by atoms with Gasteiger partial charge in [0.1, 0.15) is 5.82 Å². The molecule has 1 aromatic carbocycles. The number of anilines is 1. The Morgan fingerprint density at radius 3 is 3.00 bits per heavy atom. The molecule has 0 bridgehead atoms. The summed E-state index contributed by atoms with van der Waals surface area (Å²) in [5, 5.41) is 8.22. The molecule has 0 atom stereocenters. The molecule has 0 radical (unpaired) electrons. The third-order valence-electron chi connectivity index (χ3n) is 2.71. The van der Waals surface area contributed by atoms with Gasteiger partial charge in [-0.3, -0.25) is 0 Å². The number of nitrogens with zero attached hydrogens (tertiary/aromatic N) is 3. The highest BCUT2D eigenvalue weighted by atomic mass is 35.5. The van der Waals surface area contributed by atoms with Gasteiger partial charge in [-0.2, -0.15) is 5.10 Å². The predicted molar refractivity (Wildman–Crippen MR) is 74.5 cm³/mol. The number of imidazole rings is 1. The van der Waals surface area contributed by atoms with E-state index in [-0.39, 0.29) is 0 Å². The van der Waals surface area contributed by atoms with Gasteiger partial charge in [0.25, 0.3) is 0 Å². The number of H-pyrrole nitrogens is 1. The standard InChI is InChI=1S/C13H12ClN5/c14-10-2-3-12(19-7-1-4-18-19)11(8-10)17-9-13-15-5-6-16-13/h1-8,17H,9H2,(H,15,16). The SMILES string of the molecule is Clc1ccc(-n2cccn2)c(NCc2ncc[nH]2)c1. The zero-order valence-electron chi connectivity index (χ0n) is 10.0. The average Bonchev–Trinajstić information content (AvgIpc) is 3.10. The Hall–Kier alpha value is -2.27. The molecule has 5 nitrogen and oxygen atoms in total. The molecular weight excluding hydrogens is 262 g/mol. The zero-order chi connectivity index (χ0) is 13.1. The minimum absolute atomic E-state index is 0.599. The normalized spacial score (nSPS) is 10.6. The average molecular weight is 274 g/mol. The molecule has 3 rings (SSSR count). The summed E-state index contributed by atoms with van der Waals surface area (Å²) in [5.74, 6) is 0.867. The van der Waals surface area contributed by atoms with E-state index < -0.39 is 0 Å². The molecule has 19 heavy (non-hydrogen) atoms. The van der Waals surface area contributed by atoms with Crippen LogP contribution in [0.3, 0.4) is 0 Å². The number of aromatic amines is 1. The number of rotatable bonds is 4. The van der Waals surface area contributed by atoms with Crippen LogP contribution in [0.15, 0.2) is 49.1 Å². The van der Waals surface area contributed by atoms with Gasteiger partial charge < -0.3 is 10.3 Å². The van der Waals surface area contributed by atoms with E-state index in [1.165, 1.54) is 0 Å². The van der Waals surface area contributed by atoms with Gasteiger partial charge in [0.05, 0.1) is 17.9 Å². The molecule has 0 spiro atoms. The van der Waals surface area contributed by atoms with Gasteiger partial charge in [0.2, 0.25) is 0 Å². The Kier molecular flexibility index (Phi) is 3.20. The van der Waals surface area contributed by atoms with Crippen LogP contribution in [0.5, 0.6) is 0 Å². The van der Waals surface area contributed by atoms with Gasteiger partial charge in [0.15, 0.2) is 0 Å². The van der Waals surface area contributed by atoms with Crippen molar-refractivity contribution in [2.24, 2.45) is 0 Å². The molecule has 96 valence electrons. The second-order valence-electron chi connectivity index (χ2n) is 4.00. The third kappa shape index (κ3) is 2.61. The molecule has 2 N–H and O–H groups in total. The Bertz CT molecular complexity index is 646. The van der Waals surface area contributed by atoms with Crippen LogP contribution in [-0.2, 0) is 6.54 Å². The maximum Gasteiger partial charge on any atom is 0.125 e. The van der Waals surface area contributed by atoms with Gasteiger partial charge >= 0.3 is 0 Å². The molecule has 2 heterocycles. The molecule has 0 fully saturated rings. The van der Waals surface area contributed by atoms with E-state index in [1.54, 1.807) is 23.3 Å². The summed E-state index contributed by atoms with van der Waals surface area (Å²) in [7, 11) is 0. The lowest BCUT2D eigenvalue weighted by molar-refractivity contribution is 0.877. The van der Waals surface area contributed by atoms with Gasteiger partial charge in [-0.25, -0.2) is 9.67 Å². The molecule has 0 aliphatic carbocycles. The summed E-state index contributed by atoms with van der Waals surface area (Å²) in [5.41, 5.74) is 1.86. The highest BCUT2D eigenvalue weighted by Gasteiger charge is 2.06. The summed E-state index contributed by atoms with van der Waals surface area (Å²) >= 11 is 6.05. The number of benzene rings is 1. The van der Waals surface area contributed by atoms with Crippen LogP contribution in [0.1, 0.15) is 5.82 Å². The van der Waals surface area contributed by atoms with E-state index >= 15 is 0 Å². The number of nitrogens with one attached hydrogen (secondary N) is 2. The maximum absolute atomic E-state index is 6.05. The van der Waals surface area contributed by atoms with E-state index in [2.05, 4.69) is 20.4 Å². The lowest BCUT2D eigenvalue weighted by Crippen LogP contribution is -2.05. The van der Waals surface area contributed by atoms with E-state index in [4.69, 9.17) is 11.6 Å². The van der Waals surface area contributed by atoms with Crippen molar-refractivity contribution in [3.63, 3.8) is 0 Å². The van der Waals surface area contributed by atoms with Crippen LogP contribution in [0.2, 0.25) is 5.02 Å². The number of hydrogen-bond donors (Lipinski definition) is 2. The maximum atomic E-state index is 6.05. The summed E-state index contributed by atoms with van der Waals surface area (Å²) in [6, 6.07) is 7.53. The molecule has 0 aliphatic rings. The summed E-state index contributed by atoms with van der Waals surface area (Å²) in [6.45, 7) is 0.599. The Morgan fingerprint density at radius 2 is 2.26 bits per heavy atom. The quantitative estimate of drug-likeness (QED) is 0.768. The smallest absolute Gasteiger partial charge is 0.125 e. The van der Waals surface area contributed by atoms with Crippen LogP contribution in [0, 0.1) is 0 Å². The largest absolute Gasteiger partial charge is 0.376 e. The zero-order valence-corrected chi connectivity index (χ0v) is 10.8. The highest BCUT2D eigenvalue weighted by Crippen LogP contribution is 2.24. The predicted octanol–water partition coefficient (Wildman–Crippen LogP) is 2.86. The van der Waals surface area contributed by atoms with E-state index in [1.807, 2.05) is 30.5 Å². The van der Waals surface area contributed by atoms with Crippen molar-refractivity contribution in [1.82, 2.24) is 19.7 Å². The fourth-order valence-corrected chi connectivity index (χ4v) is 2.01. The van der Waals surface area contributed by atoms with Gasteiger partial charge in [-0.15, -0.1) is 0 Å². The highest BCUT2D eigenvalue weighted by molar-refractivity contribution is 6.31. The van der Waals surface area contributed by atoms with Crippen LogP contribution >= 0.6 is 11.6 Å². The molecule has 0 saturated carbocycles. The Labute approximate surface area is 115 Å².